The molecule has 25 heavy (non-hydrogen) atoms. The van der Waals surface area contributed by atoms with Crippen molar-refractivity contribution >= 4 is 32.2 Å². The number of aliphatic hydroxyl groups is 1. The van der Waals surface area contributed by atoms with Gasteiger partial charge in [-0.05, 0) is 35.7 Å². The molecule has 0 aliphatic heterocycles. The summed E-state index contributed by atoms with van der Waals surface area (Å²) in [4.78, 5) is 0. The first-order valence-corrected chi connectivity index (χ1v) is 10.1. The Balaban J connectivity index is 1.43. The lowest BCUT2D eigenvalue weighted by Gasteiger charge is -2.24. The first-order valence-electron chi connectivity index (χ1n) is 9.24. The molecule has 0 spiro atoms. The fraction of sp³-hybridized carbons (Fsp3) is 0.429. The van der Waals surface area contributed by atoms with Crippen LogP contribution in [-0.2, 0) is 0 Å². The molecule has 2 N–H and O–H groups in total. The van der Waals surface area contributed by atoms with Gasteiger partial charge in [0.25, 0.3) is 0 Å². The zero-order valence-electron chi connectivity index (χ0n) is 14.4. The molecule has 1 unspecified atom stereocenters. The van der Waals surface area contributed by atoms with Crippen LogP contribution in [0.3, 0.4) is 0 Å². The number of aliphatic hydroxyl groups excluding tert-OH is 1. The average molecular weight is 356 g/mol. The quantitative estimate of drug-likeness (QED) is 0.672. The Labute approximate surface area is 152 Å². The summed E-state index contributed by atoms with van der Waals surface area (Å²) in [6.45, 7) is 0.919. The maximum absolute atomic E-state index is 10.3. The van der Waals surface area contributed by atoms with Crippen LogP contribution in [0.4, 0.5) is 0 Å². The molecule has 2 aromatic carbocycles. The van der Waals surface area contributed by atoms with Crippen LogP contribution in [-0.4, -0.2) is 30.4 Å². The second-order valence-electron chi connectivity index (χ2n) is 6.97. The molecule has 4 heteroatoms. The van der Waals surface area contributed by atoms with Gasteiger partial charge in [0.05, 0.1) is 0 Å². The number of benzene rings is 2. The highest BCUT2D eigenvalue weighted by molar-refractivity contribution is 7.18. The largest absolute Gasteiger partial charge is 0.490 e. The Bertz CT molecular complexity index is 838. The zero-order valence-corrected chi connectivity index (χ0v) is 15.2. The molecule has 1 aliphatic rings. The zero-order chi connectivity index (χ0) is 17.1. The van der Waals surface area contributed by atoms with E-state index in [1.807, 2.05) is 6.07 Å². The lowest BCUT2D eigenvalue weighted by molar-refractivity contribution is 0.103. The van der Waals surface area contributed by atoms with E-state index < -0.39 is 6.10 Å². The number of rotatable bonds is 6. The van der Waals surface area contributed by atoms with Gasteiger partial charge in [-0.25, -0.2) is 0 Å². The molecule has 132 valence electrons. The lowest BCUT2D eigenvalue weighted by Crippen LogP contribution is -2.38. The molecule has 0 bridgehead atoms. The molecule has 0 radical (unpaired) electrons. The van der Waals surface area contributed by atoms with Crippen LogP contribution in [0.2, 0.25) is 0 Å². The number of nitrogens with one attached hydrogen (secondary N) is 1. The van der Waals surface area contributed by atoms with Crippen molar-refractivity contribution in [3.05, 3.63) is 41.8 Å². The molecule has 3 aromatic rings. The standard InChI is InChI=1S/C21H25NO2S/c23-17(13-22-16-6-2-1-3-7-16)14-24-20-12-15-10-11-25-21(15)19-9-5-4-8-18(19)20/h4-5,8-12,16-17,22-23H,1-3,6-7,13-14H2. The fourth-order valence-electron chi connectivity index (χ4n) is 3.74. The van der Waals surface area contributed by atoms with Gasteiger partial charge < -0.3 is 15.2 Å². The van der Waals surface area contributed by atoms with E-state index in [1.165, 1.54) is 47.6 Å². The Kier molecular flexibility index (Phi) is 5.20. The van der Waals surface area contributed by atoms with Crippen molar-refractivity contribution in [2.75, 3.05) is 13.2 Å². The first-order chi connectivity index (χ1) is 12.3. The minimum atomic E-state index is -0.487. The minimum absolute atomic E-state index is 0.319. The van der Waals surface area contributed by atoms with Crippen molar-refractivity contribution in [2.45, 2.75) is 44.2 Å². The lowest BCUT2D eigenvalue weighted by atomic mass is 9.95. The maximum Gasteiger partial charge on any atom is 0.127 e. The van der Waals surface area contributed by atoms with Crippen molar-refractivity contribution in [3.8, 4) is 5.75 Å². The topological polar surface area (TPSA) is 41.5 Å². The van der Waals surface area contributed by atoms with E-state index in [-0.39, 0.29) is 0 Å². The van der Waals surface area contributed by atoms with Gasteiger partial charge >= 0.3 is 0 Å². The molecule has 1 fully saturated rings. The summed E-state index contributed by atoms with van der Waals surface area (Å²) in [7, 11) is 0. The van der Waals surface area contributed by atoms with Crippen LogP contribution in [0.5, 0.6) is 5.75 Å². The molecule has 1 aliphatic carbocycles. The normalized spacial score (nSPS) is 17.2. The molecule has 0 saturated heterocycles. The molecule has 1 atom stereocenters. The summed E-state index contributed by atoms with van der Waals surface area (Å²) in [5.41, 5.74) is 0. The van der Waals surface area contributed by atoms with Crippen LogP contribution in [0.1, 0.15) is 32.1 Å². The monoisotopic (exact) mass is 355 g/mol. The first kappa shape index (κ1) is 16.8. The molecule has 0 amide bonds. The Morgan fingerprint density at radius 3 is 2.76 bits per heavy atom. The second kappa shape index (κ2) is 7.73. The van der Waals surface area contributed by atoms with Gasteiger partial charge in [-0.1, -0.05) is 43.5 Å². The number of fused-ring (bicyclic) bond motifs is 3. The van der Waals surface area contributed by atoms with Crippen molar-refractivity contribution in [1.29, 1.82) is 0 Å². The van der Waals surface area contributed by atoms with Crippen molar-refractivity contribution < 1.29 is 9.84 Å². The third kappa shape index (κ3) is 3.81. The van der Waals surface area contributed by atoms with Gasteiger partial charge in [0.1, 0.15) is 18.5 Å². The minimum Gasteiger partial charge on any atom is -0.490 e. The van der Waals surface area contributed by atoms with Crippen LogP contribution in [0.25, 0.3) is 20.9 Å². The predicted molar refractivity (Wildman–Crippen MR) is 106 cm³/mol. The van der Waals surface area contributed by atoms with E-state index in [2.05, 4.69) is 41.0 Å². The van der Waals surface area contributed by atoms with Crippen molar-refractivity contribution in [2.24, 2.45) is 0 Å². The van der Waals surface area contributed by atoms with Crippen molar-refractivity contribution in [1.82, 2.24) is 5.32 Å². The van der Waals surface area contributed by atoms with E-state index >= 15 is 0 Å². The van der Waals surface area contributed by atoms with Gasteiger partial charge in [0.2, 0.25) is 0 Å². The number of hydrogen-bond donors (Lipinski definition) is 2. The van der Waals surface area contributed by atoms with Crippen LogP contribution < -0.4 is 10.1 Å². The summed E-state index contributed by atoms with van der Waals surface area (Å²) in [6.07, 6.45) is 5.93. The van der Waals surface area contributed by atoms with E-state index in [1.54, 1.807) is 11.3 Å². The SMILES string of the molecule is OC(CNC1CCCCC1)COc1cc2ccsc2c2ccccc12. The van der Waals surface area contributed by atoms with E-state index in [0.717, 1.165) is 11.1 Å². The van der Waals surface area contributed by atoms with Gasteiger partial charge in [0, 0.05) is 28.1 Å². The van der Waals surface area contributed by atoms with E-state index in [0.29, 0.717) is 19.2 Å². The molecule has 1 saturated carbocycles. The van der Waals surface area contributed by atoms with Crippen LogP contribution >= 0.6 is 11.3 Å². The third-order valence-corrected chi connectivity index (χ3v) is 6.06. The second-order valence-corrected chi connectivity index (χ2v) is 7.88. The van der Waals surface area contributed by atoms with Gasteiger partial charge in [0.15, 0.2) is 0 Å². The smallest absolute Gasteiger partial charge is 0.127 e. The van der Waals surface area contributed by atoms with Crippen LogP contribution in [0, 0.1) is 0 Å². The maximum atomic E-state index is 10.3. The molecular formula is C21H25NO2S. The number of hydrogen-bond acceptors (Lipinski definition) is 4. The molecule has 1 aromatic heterocycles. The molecular weight excluding hydrogens is 330 g/mol. The highest BCUT2D eigenvalue weighted by atomic mass is 32.1. The average Bonchev–Trinajstić information content (AvgIpc) is 3.14. The Hall–Kier alpha value is -1.62. The summed E-state index contributed by atoms with van der Waals surface area (Å²) >= 11 is 1.76. The van der Waals surface area contributed by atoms with Crippen molar-refractivity contribution in [3.63, 3.8) is 0 Å². The Morgan fingerprint density at radius 2 is 1.92 bits per heavy atom. The van der Waals surface area contributed by atoms with E-state index in [9.17, 15) is 5.11 Å². The number of thiophene rings is 1. The molecule has 3 nitrogen and oxygen atoms in total. The summed E-state index contributed by atoms with van der Waals surface area (Å²) < 4.78 is 7.31. The van der Waals surface area contributed by atoms with Gasteiger partial charge in [-0.2, -0.15) is 0 Å². The van der Waals surface area contributed by atoms with Gasteiger partial charge in [-0.3, -0.25) is 0 Å². The third-order valence-electron chi connectivity index (χ3n) is 5.10. The Morgan fingerprint density at radius 1 is 1.12 bits per heavy atom. The number of ether oxygens (including phenoxy) is 1. The summed E-state index contributed by atoms with van der Waals surface area (Å²) in [5.74, 6) is 0.859. The van der Waals surface area contributed by atoms with Crippen LogP contribution in [0.15, 0.2) is 41.8 Å². The van der Waals surface area contributed by atoms with E-state index in [4.69, 9.17) is 4.74 Å². The highest BCUT2D eigenvalue weighted by Crippen LogP contribution is 2.36. The summed E-state index contributed by atoms with van der Waals surface area (Å²) in [5, 5.41) is 19.4. The molecule has 4 rings (SSSR count). The molecule has 1 heterocycles. The van der Waals surface area contributed by atoms with Gasteiger partial charge in [-0.15, -0.1) is 11.3 Å². The summed E-state index contributed by atoms with van der Waals surface area (Å²) in [6, 6.07) is 13.1. The highest BCUT2D eigenvalue weighted by Gasteiger charge is 2.15. The predicted octanol–water partition coefficient (Wildman–Crippen LogP) is 4.72. The fourth-order valence-corrected chi connectivity index (χ4v) is 4.66.